The molecule has 1 aromatic carbocycles. The van der Waals surface area contributed by atoms with Gasteiger partial charge in [-0.2, -0.15) is 0 Å². The van der Waals surface area contributed by atoms with E-state index >= 15 is 0 Å². The number of piperazine rings is 1. The number of hydrogen-bond donors (Lipinski definition) is 0. The summed E-state index contributed by atoms with van der Waals surface area (Å²) < 4.78 is 0. The lowest BCUT2D eigenvalue weighted by Crippen LogP contribution is -2.49. The van der Waals surface area contributed by atoms with Gasteiger partial charge in [0.15, 0.2) is 0 Å². The largest absolute Gasteiger partial charge is 0.328 e. The highest BCUT2D eigenvalue weighted by atomic mass is 32.1. The van der Waals surface area contributed by atoms with E-state index in [9.17, 15) is 4.79 Å². The molecule has 5 heteroatoms. The second-order valence-electron chi connectivity index (χ2n) is 7.47. The van der Waals surface area contributed by atoms with E-state index in [2.05, 4.69) is 49.8 Å². The molecule has 1 aromatic heterocycles. The number of benzene rings is 1. The van der Waals surface area contributed by atoms with Gasteiger partial charge in [-0.25, -0.2) is 4.98 Å². The number of likely N-dealkylation sites (N-methyl/N-ethyl adjacent to an activating group) is 1. The number of hydrogen-bond acceptors (Lipinski definition) is 4. The Bertz CT molecular complexity index is 705. The molecule has 3 rings (SSSR count). The maximum absolute atomic E-state index is 13.1. The van der Waals surface area contributed by atoms with Crippen molar-refractivity contribution < 1.29 is 4.79 Å². The molecule has 1 amide bonds. The van der Waals surface area contributed by atoms with E-state index in [0.29, 0.717) is 0 Å². The van der Waals surface area contributed by atoms with E-state index in [1.165, 1.54) is 16.9 Å². The molecule has 2 aromatic rings. The van der Waals surface area contributed by atoms with Gasteiger partial charge in [0.2, 0.25) is 0 Å². The fourth-order valence-corrected chi connectivity index (χ4v) is 3.91. The zero-order valence-electron chi connectivity index (χ0n) is 14.8. The molecular weight excluding hydrogens is 318 g/mol. The summed E-state index contributed by atoms with van der Waals surface area (Å²) in [5.41, 5.74) is 1.17. The van der Waals surface area contributed by atoms with Crippen molar-refractivity contribution in [2.24, 2.45) is 0 Å². The fraction of sp³-hybridized carbons (Fsp3) is 0.474. The van der Waals surface area contributed by atoms with Crippen LogP contribution in [-0.4, -0.2) is 47.4 Å². The van der Waals surface area contributed by atoms with Gasteiger partial charge in [0, 0.05) is 25.0 Å². The zero-order valence-corrected chi connectivity index (χ0v) is 15.6. The van der Waals surface area contributed by atoms with Crippen molar-refractivity contribution in [2.75, 3.05) is 26.7 Å². The SMILES string of the molecule is CN1CCN(C(=O)c2cnc(C(C)(C)C)s2)C(c2ccccc2)C1. The van der Waals surface area contributed by atoms with Crippen molar-refractivity contribution in [1.82, 2.24) is 14.8 Å². The number of aromatic nitrogens is 1. The van der Waals surface area contributed by atoms with Gasteiger partial charge in [0.25, 0.3) is 5.91 Å². The standard InChI is InChI=1S/C19H25N3OS/c1-19(2,3)18-20-12-16(24-18)17(23)22-11-10-21(4)13-15(22)14-8-6-5-7-9-14/h5-9,12,15H,10-11,13H2,1-4H3. The first-order valence-corrected chi connectivity index (χ1v) is 9.18. The lowest BCUT2D eigenvalue weighted by atomic mass is 9.98. The van der Waals surface area contributed by atoms with Crippen LogP contribution in [0.25, 0.3) is 0 Å². The maximum atomic E-state index is 13.1. The van der Waals surface area contributed by atoms with Gasteiger partial charge in [-0.15, -0.1) is 11.3 Å². The van der Waals surface area contributed by atoms with Gasteiger partial charge >= 0.3 is 0 Å². The number of thiazole rings is 1. The van der Waals surface area contributed by atoms with Crippen LogP contribution in [0.2, 0.25) is 0 Å². The van der Waals surface area contributed by atoms with Crippen molar-refractivity contribution in [3.63, 3.8) is 0 Å². The van der Waals surface area contributed by atoms with Crippen LogP contribution in [-0.2, 0) is 5.41 Å². The molecule has 0 radical (unpaired) electrons. The number of carbonyl (C=O) groups is 1. The molecule has 0 spiro atoms. The molecule has 1 fully saturated rings. The van der Waals surface area contributed by atoms with Crippen molar-refractivity contribution in [1.29, 1.82) is 0 Å². The third kappa shape index (κ3) is 3.52. The van der Waals surface area contributed by atoms with Crippen LogP contribution >= 0.6 is 11.3 Å². The lowest BCUT2D eigenvalue weighted by Gasteiger charge is -2.40. The molecule has 2 heterocycles. The van der Waals surface area contributed by atoms with Gasteiger partial charge in [-0.1, -0.05) is 51.1 Å². The molecule has 0 N–H and O–H groups in total. The lowest BCUT2D eigenvalue weighted by molar-refractivity contribution is 0.0502. The third-order valence-electron chi connectivity index (χ3n) is 4.39. The molecule has 0 bridgehead atoms. The van der Waals surface area contributed by atoms with Crippen molar-refractivity contribution in [3.8, 4) is 0 Å². The van der Waals surface area contributed by atoms with E-state index in [1.807, 2.05) is 23.1 Å². The summed E-state index contributed by atoms with van der Waals surface area (Å²) in [6.45, 7) is 8.90. The topological polar surface area (TPSA) is 36.4 Å². The summed E-state index contributed by atoms with van der Waals surface area (Å²) >= 11 is 1.52. The normalized spacial score (nSPS) is 19.5. The Morgan fingerprint density at radius 2 is 1.92 bits per heavy atom. The van der Waals surface area contributed by atoms with Crippen LogP contribution in [0.3, 0.4) is 0 Å². The maximum Gasteiger partial charge on any atom is 0.266 e. The van der Waals surface area contributed by atoms with Crippen LogP contribution < -0.4 is 0 Å². The molecule has 0 aliphatic carbocycles. The molecule has 128 valence electrons. The minimum atomic E-state index is -0.0237. The molecule has 1 saturated heterocycles. The molecule has 1 unspecified atom stereocenters. The molecule has 1 atom stereocenters. The monoisotopic (exact) mass is 343 g/mol. The van der Waals surface area contributed by atoms with Crippen molar-refractivity contribution in [3.05, 3.63) is 52.0 Å². The summed E-state index contributed by atoms with van der Waals surface area (Å²) in [5, 5.41) is 1.01. The Morgan fingerprint density at radius 1 is 1.21 bits per heavy atom. The Labute approximate surface area is 148 Å². The molecule has 1 aliphatic rings. The summed E-state index contributed by atoms with van der Waals surface area (Å²) in [6, 6.07) is 10.4. The molecule has 0 saturated carbocycles. The van der Waals surface area contributed by atoms with Gasteiger partial charge in [-0.3, -0.25) is 4.79 Å². The first kappa shape index (κ1) is 17.1. The number of carbonyl (C=O) groups excluding carboxylic acids is 1. The highest BCUT2D eigenvalue weighted by Gasteiger charge is 2.32. The zero-order chi connectivity index (χ0) is 17.3. The quantitative estimate of drug-likeness (QED) is 0.836. The molecule has 1 aliphatic heterocycles. The van der Waals surface area contributed by atoms with E-state index in [0.717, 1.165) is 29.5 Å². The predicted octanol–water partition coefficient (Wildman–Crippen LogP) is 3.57. The first-order valence-electron chi connectivity index (χ1n) is 8.37. The molecular formula is C19H25N3OS. The van der Waals surface area contributed by atoms with Gasteiger partial charge < -0.3 is 9.80 Å². The summed E-state index contributed by atoms with van der Waals surface area (Å²) in [5.74, 6) is 0.102. The minimum Gasteiger partial charge on any atom is -0.328 e. The van der Waals surface area contributed by atoms with Crippen molar-refractivity contribution >= 4 is 17.2 Å². The summed E-state index contributed by atoms with van der Waals surface area (Å²) in [6.07, 6.45) is 1.74. The molecule has 24 heavy (non-hydrogen) atoms. The number of rotatable bonds is 2. The van der Waals surface area contributed by atoms with E-state index in [-0.39, 0.29) is 17.4 Å². The van der Waals surface area contributed by atoms with Crippen molar-refractivity contribution in [2.45, 2.75) is 32.2 Å². The second-order valence-corrected chi connectivity index (χ2v) is 8.50. The van der Waals surface area contributed by atoms with Gasteiger partial charge in [0.05, 0.1) is 17.2 Å². The van der Waals surface area contributed by atoms with E-state index in [1.54, 1.807) is 6.20 Å². The van der Waals surface area contributed by atoms with Gasteiger partial charge in [-0.05, 0) is 12.6 Å². The Balaban J connectivity index is 1.88. The Hall–Kier alpha value is -1.72. The second kappa shape index (κ2) is 6.65. The van der Waals surface area contributed by atoms with Gasteiger partial charge in [0.1, 0.15) is 4.88 Å². The van der Waals surface area contributed by atoms with E-state index in [4.69, 9.17) is 0 Å². The third-order valence-corrected chi connectivity index (χ3v) is 5.80. The average molecular weight is 343 g/mol. The Kier molecular flexibility index (Phi) is 4.74. The smallest absolute Gasteiger partial charge is 0.266 e. The Morgan fingerprint density at radius 3 is 2.54 bits per heavy atom. The van der Waals surface area contributed by atoms with Crippen LogP contribution in [0.5, 0.6) is 0 Å². The van der Waals surface area contributed by atoms with Crippen LogP contribution in [0.4, 0.5) is 0 Å². The van der Waals surface area contributed by atoms with Crippen LogP contribution in [0, 0.1) is 0 Å². The number of nitrogens with zero attached hydrogens (tertiary/aromatic N) is 3. The van der Waals surface area contributed by atoms with Crippen LogP contribution in [0.1, 0.15) is 47.1 Å². The van der Waals surface area contributed by atoms with Crippen LogP contribution in [0.15, 0.2) is 36.5 Å². The predicted molar refractivity (Wildman–Crippen MR) is 98.5 cm³/mol. The summed E-state index contributed by atoms with van der Waals surface area (Å²) in [4.78, 5) is 22.6. The summed E-state index contributed by atoms with van der Waals surface area (Å²) in [7, 11) is 2.11. The van der Waals surface area contributed by atoms with E-state index < -0.39 is 0 Å². The first-order chi connectivity index (χ1) is 11.4. The highest BCUT2D eigenvalue weighted by Crippen LogP contribution is 2.31. The fourth-order valence-electron chi connectivity index (χ4n) is 2.98. The average Bonchev–Trinajstić information content (AvgIpc) is 3.05. The highest BCUT2D eigenvalue weighted by molar-refractivity contribution is 7.13. The molecule has 4 nitrogen and oxygen atoms in total. The number of amides is 1. The minimum absolute atomic E-state index is 0.0237.